The molecule has 0 aliphatic rings. The molecule has 17 heavy (non-hydrogen) atoms. The van der Waals surface area contributed by atoms with Crippen LogP contribution in [0.4, 0.5) is 0 Å². The number of hydrogen-bond donors (Lipinski definition) is 1. The number of aliphatic hydroxyl groups is 1. The van der Waals surface area contributed by atoms with Crippen LogP contribution in [0.25, 0.3) is 0 Å². The lowest BCUT2D eigenvalue weighted by Gasteiger charge is -2.08. The van der Waals surface area contributed by atoms with Gasteiger partial charge in [-0.05, 0) is 49.4 Å². The zero-order valence-corrected chi connectivity index (χ0v) is 11.6. The molecule has 2 nitrogen and oxygen atoms in total. The van der Waals surface area contributed by atoms with Crippen LogP contribution in [0, 0.1) is 0 Å². The minimum atomic E-state index is 0.0249. The Morgan fingerprint density at radius 3 is 2.82 bits per heavy atom. The van der Waals surface area contributed by atoms with E-state index in [1.807, 2.05) is 24.3 Å². The molecule has 0 atom stereocenters. The highest BCUT2D eigenvalue weighted by Gasteiger charge is 2.01. The second-order valence-corrected chi connectivity index (χ2v) is 4.75. The van der Waals surface area contributed by atoms with Crippen molar-refractivity contribution in [2.75, 3.05) is 6.61 Å². The molecule has 0 amide bonds. The molecule has 0 heterocycles. The molecule has 1 aromatic carbocycles. The standard InChI is InChI=1S/C14H19BrO2/c1-2-3-4-5-6-9-17-13-7-8-14(15)12(10-13)11-16/h2,7-8,10,16H,1,3-6,9,11H2. The summed E-state index contributed by atoms with van der Waals surface area (Å²) < 4.78 is 6.54. The van der Waals surface area contributed by atoms with Gasteiger partial charge in [-0.2, -0.15) is 0 Å². The van der Waals surface area contributed by atoms with Gasteiger partial charge in [0.05, 0.1) is 13.2 Å². The molecule has 0 spiro atoms. The molecule has 0 saturated carbocycles. The Morgan fingerprint density at radius 1 is 1.29 bits per heavy atom. The third kappa shape index (κ3) is 5.37. The molecule has 0 aromatic heterocycles. The summed E-state index contributed by atoms with van der Waals surface area (Å²) in [5.74, 6) is 0.820. The van der Waals surface area contributed by atoms with Crippen LogP contribution in [0.3, 0.4) is 0 Å². The zero-order chi connectivity index (χ0) is 12.5. The number of ether oxygens (including phenoxy) is 1. The summed E-state index contributed by atoms with van der Waals surface area (Å²) in [6.45, 7) is 4.44. The number of rotatable bonds is 8. The number of unbranched alkanes of at least 4 members (excludes halogenated alkanes) is 3. The Kier molecular flexibility index (Phi) is 6.97. The van der Waals surface area contributed by atoms with E-state index in [1.54, 1.807) is 0 Å². The van der Waals surface area contributed by atoms with Crippen molar-refractivity contribution < 1.29 is 9.84 Å². The van der Waals surface area contributed by atoms with Crippen LogP contribution in [-0.4, -0.2) is 11.7 Å². The molecule has 0 radical (unpaired) electrons. The molecule has 0 unspecified atom stereocenters. The van der Waals surface area contributed by atoms with Crippen molar-refractivity contribution in [1.29, 1.82) is 0 Å². The first-order chi connectivity index (χ1) is 8.27. The van der Waals surface area contributed by atoms with Crippen molar-refractivity contribution in [2.45, 2.75) is 32.3 Å². The minimum Gasteiger partial charge on any atom is -0.494 e. The third-order valence-electron chi connectivity index (χ3n) is 2.51. The summed E-state index contributed by atoms with van der Waals surface area (Å²) in [7, 11) is 0. The second kappa shape index (κ2) is 8.31. The molecule has 0 aliphatic heterocycles. The number of hydrogen-bond acceptors (Lipinski definition) is 2. The van der Waals surface area contributed by atoms with E-state index >= 15 is 0 Å². The van der Waals surface area contributed by atoms with Gasteiger partial charge in [0.15, 0.2) is 0 Å². The highest BCUT2D eigenvalue weighted by Crippen LogP contribution is 2.22. The van der Waals surface area contributed by atoms with Gasteiger partial charge in [-0.15, -0.1) is 6.58 Å². The van der Waals surface area contributed by atoms with E-state index in [0.717, 1.165) is 41.7 Å². The van der Waals surface area contributed by atoms with Gasteiger partial charge in [0.1, 0.15) is 5.75 Å². The first-order valence-electron chi connectivity index (χ1n) is 5.91. The van der Waals surface area contributed by atoms with Crippen LogP contribution < -0.4 is 4.74 Å². The number of allylic oxidation sites excluding steroid dienone is 1. The number of benzene rings is 1. The Morgan fingerprint density at radius 2 is 2.12 bits per heavy atom. The zero-order valence-electron chi connectivity index (χ0n) is 9.99. The average molecular weight is 299 g/mol. The summed E-state index contributed by atoms with van der Waals surface area (Å²) in [6, 6.07) is 5.68. The first kappa shape index (κ1) is 14.3. The van der Waals surface area contributed by atoms with Crippen molar-refractivity contribution in [3.05, 3.63) is 40.9 Å². The smallest absolute Gasteiger partial charge is 0.119 e. The van der Waals surface area contributed by atoms with Crippen molar-refractivity contribution in [2.24, 2.45) is 0 Å². The predicted molar refractivity (Wildman–Crippen MR) is 74.2 cm³/mol. The highest BCUT2D eigenvalue weighted by atomic mass is 79.9. The number of aliphatic hydroxyl groups excluding tert-OH is 1. The van der Waals surface area contributed by atoms with Crippen LogP contribution in [0.5, 0.6) is 5.75 Å². The summed E-state index contributed by atoms with van der Waals surface area (Å²) >= 11 is 3.38. The van der Waals surface area contributed by atoms with Crippen LogP contribution >= 0.6 is 15.9 Å². The Labute approximate surface area is 111 Å². The number of halogens is 1. The van der Waals surface area contributed by atoms with Gasteiger partial charge in [0, 0.05) is 4.47 Å². The van der Waals surface area contributed by atoms with Gasteiger partial charge < -0.3 is 9.84 Å². The fraction of sp³-hybridized carbons (Fsp3) is 0.429. The van der Waals surface area contributed by atoms with Crippen LogP contribution in [0.1, 0.15) is 31.2 Å². The Hall–Kier alpha value is -0.800. The van der Waals surface area contributed by atoms with Gasteiger partial charge in [0.25, 0.3) is 0 Å². The lowest BCUT2D eigenvalue weighted by molar-refractivity contribution is 0.277. The van der Waals surface area contributed by atoms with Gasteiger partial charge >= 0.3 is 0 Å². The first-order valence-corrected chi connectivity index (χ1v) is 6.70. The van der Waals surface area contributed by atoms with Crippen molar-refractivity contribution in [3.63, 3.8) is 0 Å². The lowest BCUT2D eigenvalue weighted by Crippen LogP contribution is -1.98. The normalized spacial score (nSPS) is 10.2. The van der Waals surface area contributed by atoms with Crippen molar-refractivity contribution in [1.82, 2.24) is 0 Å². The molecule has 94 valence electrons. The van der Waals surface area contributed by atoms with E-state index in [1.165, 1.54) is 6.42 Å². The lowest BCUT2D eigenvalue weighted by atomic mass is 10.2. The molecular formula is C14H19BrO2. The van der Waals surface area contributed by atoms with E-state index in [4.69, 9.17) is 9.84 Å². The van der Waals surface area contributed by atoms with Crippen LogP contribution in [-0.2, 0) is 6.61 Å². The predicted octanol–water partition coefficient (Wildman–Crippen LogP) is 4.07. The SMILES string of the molecule is C=CCCCCCOc1ccc(Br)c(CO)c1. The van der Waals surface area contributed by atoms with E-state index in [2.05, 4.69) is 22.5 Å². The van der Waals surface area contributed by atoms with Crippen LogP contribution in [0.15, 0.2) is 35.3 Å². The van der Waals surface area contributed by atoms with E-state index in [-0.39, 0.29) is 6.61 Å². The van der Waals surface area contributed by atoms with E-state index in [0.29, 0.717) is 0 Å². The molecule has 1 aromatic rings. The molecule has 0 bridgehead atoms. The summed E-state index contributed by atoms with van der Waals surface area (Å²) in [6.07, 6.45) is 6.42. The minimum absolute atomic E-state index is 0.0249. The van der Waals surface area contributed by atoms with Crippen molar-refractivity contribution in [3.8, 4) is 5.75 Å². The molecule has 3 heteroatoms. The molecule has 0 saturated heterocycles. The third-order valence-corrected chi connectivity index (χ3v) is 3.28. The summed E-state index contributed by atoms with van der Waals surface area (Å²) in [5, 5.41) is 9.12. The van der Waals surface area contributed by atoms with Crippen molar-refractivity contribution >= 4 is 15.9 Å². The van der Waals surface area contributed by atoms with E-state index < -0.39 is 0 Å². The molecule has 0 aliphatic carbocycles. The molecule has 1 N–H and O–H groups in total. The Balaban J connectivity index is 2.29. The summed E-state index contributed by atoms with van der Waals surface area (Å²) in [5.41, 5.74) is 0.856. The molecule has 1 rings (SSSR count). The quantitative estimate of drug-likeness (QED) is 0.579. The van der Waals surface area contributed by atoms with E-state index in [9.17, 15) is 0 Å². The second-order valence-electron chi connectivity index (χ2n) is 3.90. The van der Waals surface area contributed by atoms with Gasteiger partial charge in [0.2, 0.25) is 0 Å². The maximum atomic E-state index is 9.12. The fourth-order valence-corrected chi connectivity index (χ4v) is 1.89. The average Bonchev–Trinajstić information content (AvgIpc) is 2.35. The van der Waals surface area contributed by atoms with Crippen LogP contribution in [0.2, 0.25) is 0 Å². The largest absolute Gasteiger partial charge is 0.494 e. The fourth-order valence-electron chi connectivity index (χ4n) is 1.52. The maximum Gasteiger partial charge on any atom is 0.119 e. The molecular weight excluding hydrogens is 280 g/mol. The monoisotopic (exact) mass is 298 g/mol. The van der Waals surface area contributed by atoms with Gasteiger partial charge in [-0.1, -0.05) is 22.0 Å². The highest BCUT2D eigenvalue weighted by molar-refractivity contribution is 9.10. The van der Waals surface area contributed by atoms with Gasteiger partial charge in [-0.3, -0.25) is 0 Å². The topological polar surface area (TPSA) is 29.5 Å². The maximum absolute atomic E-state index is 9.12. The summed E-state index contributed by atoms with van der Waals surface area (Å²) in [4.78, 5) is 0. The Bertz CT molecular complexity index is 350. The molecule has 0 fully saturated rings. The van der Waals surface area contributed by atoms with Gasteiger partial charge in [-0.25, -0.2) is 0 Å².